The lowest BCUT2D eigenvalue weighted by atomic mass is 10.0. The second-order valence-corrected chi connectivity index (χ2v) is 7.59. The highest BCUT2D eigenvalue weighted by Crippen LogP contribution is 2.41. The van der Waals surface area contributed by atoms with Crippen molar-refractivity contribution in [2.45, 2.75) is 24.4 Å². The zero-order valence-electron chi connectivity index (χ0n) is 14.2. The number of carbonyl (C=O) groups is 3. The van der Waals surface area contributed by atoms with Gasteiger partial charge in [0.2, 0.25) is 5.91 Å². The highest BCUT2D eigenvalue weighted by Gasteiger charge is 2.54. The largest absolute Gasteiger partial charge is 0.464 e. The molecule has 2 amide bonds. The molecule has 0 aliphatic carbocycles. The molecule has 9 heteroatoms. The number of nitrogens with zero attached hydrogens (tertiary/aromatic N) is 1. The Balaban J connectivity index is 1.71. The van der Waals surface area contributed by atoms with E-state index in [-0.39, 0.29) is 10.7 Å². The van der Waals surface area contributed by atoms with Crippen LogP contribution in [0.4, 0.5) is 0 Å². The SMILES string of the molecule is COC(=O)C1=C(Cl)CS[C@H]2C(NC(=O)C(N)c3ccc(C)cc3)C(=O)N12. The number of β-lactam (4-membered cyclic amide) rings is 1. The van der Waals surface area contributed by atoms with Gasteiger partial charge < -0.3 is 15.8 Å². The van der Waals surface area contributed by atoms with Gasteiger partial charge in [-0.3, -0.25) is 14.5 Å². The molecule has 0 spiro atoms. The maximum atomic E-state index is 12.5. The van der Waals surface area contributed by atoms with Crippen molar-refractivity contribution in [2.24, 2.45) is 5.73 Å². The zero-order chi connectivity index (χ0) is 19.0. The molecular formula is C17H18ClN3O4S. The van der Waals surface area contributed by atoms with E-state index in [9.17, 15) is 14.4 Å². The molecular weight excluding hydrogens is 378 g/mol. The lowest BCUT2D eigenvalue weighted by molar-refractivity contribution is -0.151. The number of thioether (sulfide) groups is 1. The average Bonchev–Trinajstić information content (AvgIpc) is 2.65. The minimum atomic E-state index is -0.884. The molecule has 0 saturated carbocycles. The van der Waals surface area contributed by atoms with E-state index in [1.807, 2.05) is 19.1 Å². The second kappa shape index (κ2) is 7.30. The van der Waals surface area contributed by atoms with Crippen molar-refractivity contribution in [1.29, 1.82) is 0 Å². The number of carbonyl (C=O) groups excluding carboxylic acids is 3. The van der Waals surface area contributed by atoms with Crippen molar-refractivity contribution in [3.63, 3.8) is 0 Å². The monoisotopic (exact) mass is 395 g/mol. The molecule has 1 aromatic carbocycles. The predicted octanol–water partition coefficient (Wildman–Crippen LogP) is 1.02. The van der Waals surface area contributed by atoms with Crippen molar-refractivity contribution < 1.29 is 19.1 Å². The maximum absolute atomic E-state index is 12.5. The number of halogens is 1. The lowest BCUT2D eigenvalue weighted by Crippen LogP contribution is -2.71. The van der Waals surface area contributed by atoms with E-state index in [0.29, 0.717) is 11.3 Å². The van der Waals surface area contributed by atoms with Crippen LogP contribution in [-0.4, -0.2) is 47.0 Å². The predicted molar refractivity (Wildman–Crippen MR) is 98.0 cm³/mol. The van der Waals surface area contributed by atoms with Crippen molar-refractivity contribution in [3.05, 3.63) is 46.1 Å². The van der Waals surface area contributed by atoms with E-state index >= 15 is 0 Å². The summed E-state index contributed by atoms with van der Waals surface area (Å²) in [5.74, 6) is -1.18. The summed E-state index contributed by atoms with van der Waals surface area (Å²) in [6.07, 6.45) is 0. The van der Waals surface area contributed by atoms with Gasteiger partial charge in [-0.05, 0) is 12.5 Å². The molecule has 2 aliphatic heterocycles. The Kier molecular flexibility index (Phi) is 5.27. The number of nitrogens with one attached hydrogen (secondary N) is 1. The zero-order valence-corrected chi connectivity index (χ0v) is 15.8. The van der Waals surface area contributed by atoms with Crippen LogP contribution in [0.5, 0.6) is 0 Å². The Hall–Kier alpha value is -2.03. The normalized spacial score (nSPS) is 23.1. The van der Waals surface area contributed by atoms with E-state index in [1.165, 1.54) is 23.8 Å². The average molecular weight is 396 g/mol. The number of methoxy groups -OCH3 is 1. The number of fused-ring (bicyclic) bond motifs is 1. The molecule has 1 aromatic rings. The number of aryl methyl sites for hydroxylation is 1. The van der Waals surface area contributed by atoms with E-state index in [0.717, 1.165) is 5.56 Å². The third-order valence-electron chi connectivity index (χ3n) is 4.32. The Labute approximate surface area is 159 Å². The summed E-state index contributed by atoms with van der Waals surface area (Å²) in [4.78, 5) is 38.1. The third kappa shape index (κ3) is 3.20. The van der Waals surface area contributed by atoms with E-state index < -0.39 is 35.2 Å². The summed E-state index contributed by atoms with van der Waals surface area (Å²) in [6, 6.07) is 5.65. The van der Waals surface area contributed by atoms with Gasteiger partial charge in [0, 0.05) is 5.75 Å². The number of hydrogen-bond acceptors (Lipinski definition) is 6. The molecule has 2 heterocycles. The first kappa shape index (κ1) is 18.8. The fourth-order valence-electron chi connectivity index (χ4n) is 2.84. The summed E-state index contributed by atoms with van der Waals surface area (Å²) in [5, 5.41) is 2.52. The third-order valence-corrected chi connectivity index (χ3v) is 6.07. The molecule has 1 fully saturated rings. The van der Waals surface area contributed by atoms with Gasteiger partial charge >= 0.3 is 5.97 Å². The Morgan fingerprint density at radius 3 is 2.65 bits per heavy atom. The number of rotatable bonds is 4. The number of nitrogens with two attached hydrogens (primary N) is 1. The number of esters is 1. The van der Waals surface area contributed by atoms with Gasteiger partial charge in [0.1, 0.15) is 23.2 Å². The van der Waals surface area contributed by atoms with Crippen LogP contribution < -0.4 is 11.1 Å². The molecule has 2 aliphatic rings. The number of hydrogen-bond donors (Lipinski definition) is 2. The van der Waals surface area contributed by atoms with Crippen LogP contribution in [0.1, 0.15) is 17.2 Å². The second-order valence-electron chi connectivity index (χ2n) is 6.03. The van der Waals surface area contributed by atoms with Crippen LogP contribution in [0.2, 0.25) is 0 Å². The molecule has 2 unspecified atom stereocenters. The lowest BCUT2D eigenvalue weighted by Gasteiger charge is -2.49. The Morgan fingerprint density at radius 2 is 2.04 bits per heavy atom. The van der Waals surface area contributed by atoms with Gasteiger partial charge in [-0.1, -0.05) is 41.4 Å². The van der Waals surface area contributed by atoms with Crippen molar-refractivity contribution in [2.75, 3.05) is 12.9 Å². The van der Waals surface area contributed by atoms with Gasteiger partial charge in [-0.25, -0.2) is 4.79 Å². The first-order valence-electron chi connectivity index (χ1n) is 7.89. The molecule has 0 aromatic heterocycles. The summed E-state index contributed by atoms with van der Waals surface area (Å²) >= 11 is 7.44. The smallest absolute Gasteiger partial charge is 0.356 e. The fraction of sp³-hybridized carbons (Fsp3) is 0.353. The first-order valence-corrected chi connectivity index (χ1v) is 9.32. The van der Waals surface area contributed by atoms with E-state index in [4.69, 9.17) is 22.1 Å². The van der Waals surface area contributed by atoms with Gasteiger partial charge in [-0.15, -0.1) is 11.8 Å². The Morgan fingerprint density at radius 1 is 1.38 bits per heavy atom. The minimum absolute atomic E-state index is 0.0382. The van der Waals surface area contributed by atoms with Gasteiger partial charge in [0.05, 0.1) is 12.1 Å². The van der Waals surface area contributed by atoms with Gasteiger partial charge in [-0.2, -0.15) is 0 Å². The van der Waals surface area contributed by atoms with Crippen LogP contribution in [0.15, 0.2) is 35.0 Å². The van der Waals surface area contributed by atoms with Gasteiger partial charge in [0.15, 0.2) is 0 Å². The summed E-state index contributed by atoms with van der Waals surface area (Å²) in [5.41, 5.74) is 7.76. The molecule has 7 nitrogen and oxygen atoms in total. The van der Waals surface area contributed by atoms with Crippen LogP contribution >= 0.6 is 23.4 Å². The standard InChI is InChI=1S/C17H18ClN3O4S/c1-8-3-5-9(6-4-8)11(19)14(22)20-12-15(23)21-13(17(24)25-2)10(18)7-26-16(12)21/h3-6,11-12,16H,7,19H2,1-2H3,(H,20,22)/t11?,12?,16-/m0/s1. The molecule has 26 heavy (non-hydrogen) atoms. The van der Waals surface area contributed by atoms with Crippen molar-refractivity contribution in [1.82, 2.24) is 10.2 Å². The molecule has 3 rings (SSSR count). The number of benzene rings is 1. The van der Waals surface area contributed by atoms with Crippen LogP contribution in [0.25, 0.3) is 0 Å². The Bertz CT molecular complexity index is 796. The summed E-state index contributed by atoms with van der Waals surface area (Å²) in [7, 11) is 1.22. The van der Waals surface area contributed by atoms with Crippen LogP contribution in [-0.2, 0) is 19.1 Å². The van der Waals surface area contributed by atoms with Crippen molar-refractivity contribution in [3.8, 4) is 0 Å². The first-order chi connectivity index (χ1) is 12.3. The topological polar surface area (TPSA) is 102 Å². The molecule has 138 valence electrons. The van der Waals surface area contributed by atoms with E-state index in [1.54, 1.807) is 12.1 Å². The molecule has 0 radical (unpaired) electrons. The fourth-order valence-corrected chi connectivity index (χ4v) is 4.38. The molecule has 3 atom stereocenters. The van der Waals surface area contributed by atoms with Crippen LogP contribution in [0, 0.1) is 6.92 Å². The van der Waals surface area contributed by atoms with Crippen molar-refractivity contribution >= 4 is 41.1 Å². The van der Waals surface area contributed by atoms with Gasteiger partial charge in [0.25, 0.3) is 5.91 Å². The minimum Gasteiger partial charge on any atom is -0.464 e. The summed E-state index contributed by atoms with van der Waals surface area (Å²) in [6.45, 7) is 1.94. The molecule has 3 N–H and O–H groups in total. The van der Waals surface area contributed by atoms with E-state index in [2.05, 4.69) is 5.32 Å². The number of ether oxygens (including phenoxy) is 1. The number of amides is 2. The van der Waals surface area contributed by atoms with Crippen LogP contribution in [0.3, 0.4) is 0 Å². The highest BCUT2D eigenvalue weighted by atomic mass is 35.5. The molecule has 0 bridgehead atoms. The quantitative estimate of drug-likeness (QED) is 0.583. The summed E-state index contributed by atoms with van der Waals surface area (Å²) < 4.78 is 4.69. The maximum Gasteiger partial charge on any atom is 0.356 e. The highest BCUT2D eigenvalue weighted by molar-refractivity contribution is 8.00. The molecule has 1 saturated heterocycles.